The third kappa shape index (κ3) is 2.73. The zero-order chi connectivity index (χ0) is 14.4. The van der Waals surface area contributed by atoms with E-state index in [1.54, 1.807) is 0 Å². The molecule has 0 aromatic heterocycles. The molecule has 0 N–H and O–H groups in total. The second-order valence-electron chi connectivity index (χ2n) is 6.43. The second kappa shape index (κ2) is 5.18. The van der Waals surface area contributed by atoms with Crippen molar-refractivity contribution in [2.45, 2.75) is 58.4 Å². The Morgan fingerprint density at radius 1 is 1.32 bits per heavy atom. The minimum absolute atomic E-state index is 0.0334. The van der Waals surface area contributed by atoms with E-state index in [2.05, 4.69) is 33.8 Å². The monoisotopic (exact) mass is 300 g/mol. The van der Waals surface area contributed by atoms with Gasteiger partial charge in [0, 0.05) is 22.2 Å². The van der Waals surface area contributed by atoms with Crippen molar-refractivity contribution in [3.63, 3.8) is 0 Å². The average Bonchev–Trinajstić information content (AvgIpc) is 2.31. The molecule has 0 spiro atoms. The molecule has 0 radical (unpaired) electrons. The van der Waals surface area contributed by atoms with Crippen LogP contribution in [0.15, 0.2) is 12.1 Å². The maximum absolute atomic E-state index is 6.28. The molecule has 0 amide bonds. The van der Waals surface area contributed by atoms with E-state index in [4.69, 9.17) is 27.9 Å². The first-order valence-electron chi connectivity index (χ1n) is 6.84. The fourth-order valence-corrected chi connectivity index (χ4v) is 3.17. The molecule has 1 aliphatic rings. The summed E-state index contributed by atoms with van der Waals surface area (Å²) in [6.45, 7) is 10.6. The molecule has 0 bridgehead atoms. The maximum atomic E-state index is 6.28. The van der Waals surface area contributed by atoms with Crippen molar-refractivity contribution in [1.29, 1.82) is 0 Å². The van der Waals surface area contributed by atoms with Gasteiger partial charge in [-0.1, -0.05) is 39.3 Å². The van der Waals surface area contributed by atoms with Gasteiger partial charge in [-0.05, 0) is 36.1 Å². The number of aryl methyl sites for hydroxylation is 1. The van der Waals surface area contributed by atoms with Crippen LogP contribution in [0, 0.1) is 12.3 Å². The van der Waals surface area contributed by atoms with E-state index >= 15 is 0 Å². The van der Waals surface area contributed by atoms with Crippen molar-refractivity contribution in [3.8, 4) is 5.75 Å². The standard InChI is InChI=1S/C16H22Cl2O/c1-9(2)11-7-13(10(3)6-12(11)17)19-15-8-14(18)16(15,4)5/h6-7,9,14-15H,8H2,1-5H3. The molecule has 0 saturated heterocycles. The topological polar surface area (TPSA) is 9.23 Å². The molecule has 1 aromatic rings. The molecule has 2 unspecified atom stereocenters. The molecule has 2 rings (SSSR count). The summed E-state index contributed by atoms with van der Waals surface area (Å²) in [6.07, 6.45) is 1.10. The molecule has 0 heterocycles. The van der Waals surface area contributed by atoms with Crippen LogP contribution < -0.4 is 4.74 Å². The van der Waals surface area contributed by atoms with Gasteiger partial charge in [0.1, 0.15) is 11.9 Å². The molecule has 1 nitrogen and oxygen atoms in total. The molecule has 1 fully saturated rings. The molecule has 1 aliphatic carbocycles. The molecular formula is C16H22Cl2O. The van der Waals surface area contributed by atoms with Gasteiger partial charge in [0.15, 0.2) is 0 Å². The normalized spacial score (nSPS) is 25.3. The zero-order valence-electron chi connectivity index (χ0n) is 12.3. The third-order valence-electron chi connectivity index (χ3n) is 4.24. The minimum atomic E-state index is 0.0334. The number of benzene rings is 1. The van der Waals surface area contributed by atoms with Crippen LogP contribution in [0.25, 0.3) is 0 Å². The fraction of sp³-hybridized carbons (Fsp3) is 0.625. The fourth-order valence-electron chi connectivity index (χ4n) is 2.43. The molecule has 3 heteroatoms. The van der Waals surface area contributed by atoms with Gasteiger partial charge >= 0.3 is 0 Å². The Bertz CT molecular complexity index is 480. The zero-order valence-corrected chi connectivity index (χ0v) is 13.8. The van der Waals surface area contributed by atoms with E-state index in [9.17, 15) is 0 Å². The largest absolute Gasteiger partial charge is 0.489 e. The van der Waals surface area contributed by atoms with Crippen LogP contribution in [0.2, 0.25) is 5.02 Å². The average molecular weight is 301 g/mol. The quantitative estimate of drug-likeness (QED) is 0.664. The summed E-state index contributed by atoms with van der Waals surface area (Å²) in [5, 5.41) is 1.03. The highest BCUT2D eigenvalue weighted by Gasteiger charge is 2.49. The number of rotatable bonds is 3. The number of hydrogen-bond acceptors (Lipinski definition) is 1. The summed E-state index contributed by atoms with van der Waals surface area (Å²) in [5.74, 6) is 1.33. The Balaban J connectivity index is 2.24. The van der Waals surface area contributed by atoms with E-state index in [1.165, 1.54) is 0 Å². The Morgan fingerprint density at radius 3 is 2.42 bits per heavy atom. The van der Waals surface area contributed by atoms with Crippen molar-refractivity contribution >= 4 is 23.2 Å². The number of hydrogen-bond donors (Lipinski definition) is 0. The van der Waals surface area contributed by atoms with Gasteiger partial charge < -0.3 is 4.74 Å². The van der Waals surface area contributed by atoms with Gasteiger partial charge in [-0.15, -0.1) is 11.6 Å². The summed E-state index contributed by atoms with van der Waals surface area (Å²) in [5.41, 5.74) is 2.26. The lowest BCUT2D eigenvalue weighted by atomic mass is 9.68. The van der Waals surface area contributed by atoms with Gasteiger partial charge in [0.25, 0.3) is 0 Å². The highest BCUT2D eigenvalue weighted by atomic mass is 35.5. The Labute approximate surface area is 126 Å². The van der Waals surface area contributed by atoms with Gasteiger partial charge in [0.2, 0.25) is 0 Å². The van der Waals surface area contributed by atoms with E-state index in [1.807, 2.05) is 13.0 Å². The molecule has 19 heavy (non-hydrogen) atoms. The van der Waals surface area contributed by atoms with Gasteiger partial charge in [-0.25, -0.2) is 0 Å². The van der Waals surface area contributed by atoms with Gasteiger partial charge in [-0.3, -0.25) is 0 Å². The molecule has 1 saturated carbocycles. The number of ether oxygens (including phenoxy) is 1. The Kier molecular flexibility index (Phi) is 4.09. The second-order valence-corrected chi connectivity index (χ2v) is 7.36. The van der Waals surface area contributed by atoms with E-state index in [0.29, 0.717) is 5.92 Å². The molecule has 2 atom stereocenters. The van der Waals surface area contributed by atoms with Crippen LogP contribution in [0.3, 0.4) is 0 Å². The maximum Gasteiger partial charge on any atom is 0.123 e. The van der Waals surface area contributed by atoms with Crippen molar-refractivity contribution < 1.29 is 4.74 Å². The van der Waals surface area contributed by atoms with E-state index in [-0.39, 0.29) is 16.9 Å². The summed E-state index contributed by atoms with van der Waals surface area (Å²) in [6, 6.07) is 4.08. The molecule has 106 valence electrons. The van der Waals surface area contributed by atoms with Crippen molar-refractivity contribution in [1.82, 2.24) is 0 Å². The first-order valence-corrected chi connectivity index (χ1v) is 7.65. The van der Waals surface area contributed by atoms with Gasteiger partial charge in [0.05, 0.1) is 0 Å². The summed E-state index contributed by atoms with van der Waals surface area (Å²) >= 11 is 12.5. The summed E-state index contributed by atoms with van der Waals surface area (Å²) < 4.78 is 6.17. The van der Waals surface area contributed by atoms with E-state index in [0.717, 1.165) is 28.3 Å². The highest BCUT2D eigenvalue weighted by molar-refractivity contribution is 6.31. The van der Waals surface area contributed by atoms with Crippen LogP contribution in [-0.2, 0) is 0 Å². The van der Waals surface area contributed by atoms with Crippen LogP contribution in [-0.4, -0.2) is 11.5 Å². The lowest BCUT2D eigenvalue weighted by Gasteiger charge is -2.48. The minimum Gasteiger partial charge on any atom is -0.489 e. The number of alkyl halides is 1. The highest BCUT2D eigenvalue weighted by Crippen LogP contribution is 2.47. The first kappa shape index (κ1) is 15.0. The van der Waals surface area contributed by atoms with Crippen molar-refractivity contribution in [3.05, 3.63) is 28.3 Å². The molecule has 0 aliphatic heterocycles. The van der Waals surface area contributed by atoms with Gasteiger partial charge in [-0.2, -0.15) is 0 Å². The summed E-state index contributed by atoms with van der Waals surface area (Å²) in [4.78, 5) is 0. The van der Waals surface area contributed by atoms with E-state index < -0.39 is 0 Å². The van der Waals surface area contributed by atoms with Crippen LogP contribution in [0.4, 0.5) is 0 Å². The van der Waals surface area contributed by atoms with Crippen molar-refractivity contribution in [2.24, 2.45) is 5.41 Å². The van der Waals surface area contributed by atoms with Crippen LogP contribution in [0.5, 0.6) is 5.75 Å². The first-order chi connectivity index (χ1) is 8.73. The molecular weight excluding hydrogens is 279 g/mol. The van der Waals surface area contributed by atoms with Crippen molar-refractivity contribution in [2.75, 3.05) is 0 Å². The predicted molar refractivity (Wildman–Crippen MR) is 82.7 cm³/mol. The SMILES string of the molecule is Cc1cc(Cl)c(C(C)C)cc1OC1CC(Cl)C1(C)C. The predicted octanol–water partition coefficient (Wildman–Crippen LogP) is 5.56. The number of halogens is 2. The summed E-state index contributed by atoms with van der Waals surface area (Å²) in [7, 11) is 0. The molecule has 1 aromatic carbocycles. The lowest BCUT2D eigenvalue weighted by Crippen LogP contribution is -2.53. The third-order valence-corrected chi connectivity index (χ3v) is 5.31. The lowest BCUT2D eigenvalue weighted by molar-refractivity contribution is -0.0134. The van der Waals surface area contributed by atoms with Crippen LogP contribution in [0.1, 0.15) is 51.2 Å². The van der Waals surface area contributed by atoms with Crippen LogP contribution >= 0.6 is 23.2 Å². The Morgan fingerprint density at radius 2 is 1.95 bits per heavy atom. The smallest absolute Gasteiger partial charge is 0.123 e. The Hall–Kier alpha value is -0.400.